The molecule has 0 spiro atoms. The largest absolute Gasteiger partial charge is 1.00 e. The van der Waals surface area contributed by atoms with Gasteiger partial charge in [-0.15, -0.1) is 13.2 Å². The summed E-state index contributed by atoms with van der Waals surface area (Å²) in [7, 11) is -5.00. The van der Waals surface area contributed by atoms with Gasteiger partial charge in [0, 0.05) is 0 Å². The monoisotopic (exact) mass is 616 g/mol. The first-order chi connectivity index (χ1) is 19.3. The predicted octanol–water partition coefficient (Wildman–Crippen LogP) is 5.30. The van der Waals surface area contributed by atoms with E-state index in [0.717, 1.165) is 63.9 Å². The van der Waals surface area contributed by atoms with Gasteiger partial charge in [-0.3, -0.25) is 0 Å². The van der Waals surface area contributed by atoms with Crippen molar-refractivity contribution in [2.45, 2.75) is 120 Å². The van der Waals surface area contributed by atoms with Crippen LogP contribution < -0.4 is 51.4 Å². The second kappa shape index (κ2) is 25.7. The van der Waals surface area contributed by atoms with Gasteiger partial charge in [-0.25, -0.2) is 18.0 Å². The molecule has 1 aromatic rings. The molecular formula is C32H49KO7S. The number of unbranched alkanes of at least 4 members (excludes halogenated alkanes) is 16. The molecule has 0 N–H and O–H groups in total. The summed E-state index contributed by atoms with van der Waals surface area (Å²) < 4.78 is 46.1. The van der Waals surface area contributed by atoms with Crippen molar-refractivity contribution >= 4 is 22.1 Å². The summed E-state index contributed by atoms with van der Waals surface area (Å²) in [6.45, 7) is 7.68. The van der Waals surface area contributed by atoms with Crippen LogP contribution in [-0.4, -0.2) is 38.1 Å². The molecule has 0 aliphatic carbocycles. The van der Waals surface area contributed by atoms with Crippen LogP contribution in [0.1, 0.15) is 136 Å². The van der Waals surface area contributed by atoms with Crippen LogP contribution in [0.5, 0.6) is 0 Å². The molecule has 0 saturated heterocycles. The van der Waals surface area contributed by atoms with Crippen LogP contribution in [-0.2, 0) is 19.6 Å². The first kappa shape index (κ1) is 40.2. The third-order valence-corrected chi connectivity index (χ3v) is 7.67. The van der Waals surface area contributed by atoms with Gasteiger partial charge < -0.3 is 14.0 Å². The SMILES string of the molecule is C=CCCCCCCCCCCOC(=O)c1cccc(S(=O)(=O)[O-])c1C(=O)OCCCCCCCCCCC=C.[K+]. The Morgan fingerprint density at radius 1 is 0.659 bits per heavy atom. The number of carbonyl (C=O) groups excluding carboxylic acids is 2. The maximum absolute atomic E-state index is 12.8. The summed E-state index contributed by atoms with van der Waals surface area (Å²) in [6.07, 6.45) is 22.8. The van der Waals surface area contributed by atoms with E-state index in [0.29, 0.717) is 12.8 Å². The number of allylic oxidation sites excluding steroid dienone is 2. The molecule has 0 bridgehead atoms. The first-order valence-corrected chi connectivity index (χ1v) is 16.4. The maximum atomic E-state index is 12.8. The Hall–Kier alpha value is -0.814. The topological polar surface area (TPSA) is 110 Å². The molecule has 0 fully saturated rings. The molecule has 0 aliphatic rings. The van der Waals surface area contributed by atoms with Crippen molar-refractivity contribution in [3.8, 4) is 0 Å². The van der Waals surface area contributed by atoms with Crippen LogP contribution in [0.2, 0.25) is 0 Å². The molecule has 1 rings (SSSR count). The molecule has 41 heavy (non-hydrogen) atoms. The molecule has 7 nitrogen and oxygen atoms in total. The van der Waals surface area contributed by atoms with Gasteiger partial charge in [0.2, 0.25) is 0 Å². The number of benzene rings is 1. The van der Waals surface area contributed by atoms with E-state index in [2.05, 4.69) is 13.2 Å². The average molecular weight is 617 g/mol. The average Bonchev–Trinajstić information content (AvgIpc) is 2.93. The Kier molecular flexibility index (Phi) is 25.2. The molecule has 0 radical (unpaired) electrons. The summed E-state index contributed by atoms with van der Waals surface area (Å²) in [5, 5.41) is 0. The minimum absolute atomic E-state index is 0. The normalized spacial score (nSPS) is 11.0. The number of hydrogen-bond acceptors (Lipinski definition) is 7. The van der Waals surface area contributed by atoms with E-state index < -0.39 is 32.5 Å². The van der Waals surface area contributed by atoms with Gasteiger partial charge >= 0.3 is 63.3 Å². The third kappa shape index (κ3) is 19.2. The molecule has 0 unspecified atom stereocenters. The van der Waals surface area contributed by atoms with Gasteiger partial charge in [-0.2, -0.15) is 0 Å². The van der Waals surface area contributed by atoms with E-state index in [4.69, 9.17) is 9.47 Å². The van der Waals surface area contributed by atoms with Gasteiger partial charge in [-0.05, 0) is 50.7 Å². The number of ether oxygens (including phenoxy) is 2. The van der Waals surface area contributed by atoms with Crippen molar-refractivity contribution in [2.75, 3.05) is 13.2 Å². The van der Waals surface area contributed by atoms with E-state index in [9.17, 15) is 22.6 Å². The molecule has 226 valence electrons. The van der Waals surface area contributed by atoms with Crippen molar-refractivity contribution in [1.29, 1.82) is 0 Å². The fourth-order valence-electron chi connectivity index (χ4n) is 4.50. The summed E-state index contributed by atoms with van der Waals surface area (Å²) in [6, 6.07) is 3.56. The zero-order chi connectivity index (χ0) is 29.5. The van der Waals surface area contributed by atoms with Gasteiger partial charge in [0.1, 0.15) is 10.1 Å². The smallest absolute Gasteiger partial charge is 0.744 e. The Bertz CT molecular complexity index is 992. The Morgan fingerprint density at radius 3 is 1.46 bits per heavy atom. The van der Waals surface area contributed by atoms with Crippen LogP contribution in [0.3, 0.4) is 0 Å². The summed E-state index contributed by atoms with van der Waals surface area (Å²) in [4.78, 5) is 24.8. The Morgan fingerprint density at radius 2 is 1.05 bits per heavy atom. The molecule has 0 aromatic heterocycles. The number of carbonyl (C=O) groups is 2. The van der Waals surface area contributed by atoms with E-state index in [-0.39, 0.29) is 70.2 Å². The zero-order valence-electron chi connectivity index (χ0n) is 25.2. The van der Waals surface area contributed by atoms with Crippen molar-refractivity contribution in [3.63, 3.8) is 0 Å². The minimum Gasteiger partial charge on any atom is -0.744 e. The van der Waals surface area contributed by atoms with Crippen LogP contribution in [0.15, 0.2) is 48.4 Å². The van der Waals surface area contributed by atoms with E-state index in [1.165, 1.54) is 57.1 Å². The second-order valence-electron chi connectivity index (χ2n) is 10.2. The summed E-state index contributed by atoms with van der Waals surface area (Å²) in [5.74, 6) is -1.84. The molecule has 0 atom stereocenters. The minimum atomic E-state index is -5.00. The molecule has 0 saturated carbocycles. The van der Waals surface area contributed by atoms with Gasteiger partial charge in [-0.1, -0.05) is 95.3 Å². The van der Waals surface area contributed by atoms with Crippen LogP contribution in [0, 0.1) is 0 Å². The Labute approximate surface area is 291 Å². The van der Waals surface area contributed by atoms with Gasteiger partial charge in [0.05, 0.1) is 29.2 Å². The van der Waals surface area contributed by atoms with Crippen molar-refractivity contribution in [3.05, 3.63) is 54.6 Å². The Balaban J connectivity index is 0.0000160. The number of rotatable bonds is 25. The third-order valence-electron chi connectivity index (χ3n) is 6.79. The zero-order valence-corrected chi connectivity index (χ0v) is 29.1. The number of hydrogen-bond donors (Lipinski definition) is 0. The fraction of sp³-hybridized carbons (Fsp3) is 0.625. The van der Waals surface area contributed by atoms with Crippen molar-refractivity contribution in [1.82, 2.24) is 0 Å². The summed E-state index contributed by atoms with van der Waals surface area (Å²) in [5.41, 5.74) is -0.809. The predicted molar refractivity (Wildman–Crippen MR) is 158 cm³/mol. The molecular weight excluding hydrogens is 568 g/mol. The van der Waals surface area contributed by atoms with Gasteiger partial charge in [0.25, 0.3) is 0 Å². The summed E-state index contributed by atoms with van der Waals surface area (Å²) >= 11 is 0. The van der Waals surface area contributed by atoms with Gasteiger partial charge in [0.15, 0.2) is 0 Å². The molecule has 0 heterocycles. The van der Waals surface area contributed by atoms with E-state index >= 15 is 0 Å². The standard InChI is InChI=1S/C32H50O7S.K/c1-3-5-7-9-11-13-15-17-19-21-26-38-31(33)28-24-23-25-29(40(35,36)37)30(28)32(34)39-27-22-20-18-16-14-12-10-8-6-4-2;/h3-4,23-25H,1-2,5-22,26-27H2,(H,35,36,37);/q;+1/p-1. The molecule has 0 amide bonds. The van der Waals surface area contributed by atoms with Crippen molar-refractivity contribution < 1.29 is 83.4 Å². The fourth-order valence-corrected chi connectivity index (χ4v) is 5.19. The quantitative estimate of drug-likeness (QED) is 0.0482. The first-order valence-electron chi connectivity index (χ1n) is 15.0. The van der Waals surface area contributed by atoms with E-state index in [1.54, 1.807) is 0 Å². The molecule has 0 aliphatic heterocycles. The van der Waals surface area contributed by atoms with Crippen molar-refractivity contribution in [2.24, 2.45) is 0 Å². The van der Waals surface area contributed by atoms with Crippen LogP contribution in [0.4, 0.5) is 0 Å². The molecule has 1 aromatic carbocycles. The second-order valence-corrected chi connectivity index (χ2v) is 11.6. The molecule has 9 heteroatoms. The van der Waals surface area contributed by atoms with Crippen LogP contribution in [0.25, 0.3) is 0 Å². The maximum Gasteiger partial charge on any atom is 1.00 e. The van der Waals surface area contributed by atoms with Crippen LogP contribution >= 0.6 is 0 Å². The number of esters is 2. The van der Waals surface area contributed by atoms with E-state index in [1.807, 2.05) is 12.2 Å².